The van der Waals surface area contributed by atoms with Crippen LogP contribution in [0.1, 0.15) is 5.56 Å². The standard InChI is InChI=1S/C12H18N2O3/c13-12(16)17-11(9-14-6-7-15)8-10-4-2-1-3-5-10/h1-5,11,14-15H,6-9H2,(H2,13,16). The molecule has 0 aliphatic carbocycles. The maximum atomic E-state index is 10.8. The Kier molecular flexibility index (Phi) is 6.06. The number of aliphatic hydroxyl groups excluding tert-OH is 1. The van der Waals surface area contributed by atoms with Gasteiger partial charge in [0.05, 0.1) is 6.61 Å². The molecule has 0 heterocycles. The van der Waals surface area contributed by atoms with E-state index in [1.54, 1.807) is 0 Å². The van der Waals surface area contributed by atoms with E-state index in [2.05, 4.69) is 5.32 Å². The summed E-state index contributed by atoms with van der Waals surface area (Å²) in [6.45, 7) is 0.987. The molecule has 1 atom stereocenters. The average Bonchev–Trinajstić information content (AvgIpc) is 2.30. The predicted molar refractivity (Wildman–Crippen MR) is 64.6 cm³/mol. The Labute approximate surface area is 101 Å². The molecular weight excluding hydrogens is 220 g/mol. The Morgan fingerprint density at radius 1 is 1.41 bits per heavy atom. The molecule has 0 spiro atoms. The lowest BCUT2D eigenvalue weighted by molar-refractivity contribution is 0.105. The van der Waals surface area contributed by atoms with E-state index in [0.29, 0.717) is 19.5 Å². The molecule has 4 N–H and O–H groups in total. The number of carbonyl (C=O) groups is 1. The minimum absolute atomic E-state index is 0.0502. The van der Waals surface area contributed by atoms with Gasteiger partial charge in [0.15, 0.2) is 0 Å². The van der Waals surface area contributed by atoms with Gasteiger partial charge in [-0.05, 0) is 5.56 Å². The topological polar surface area (TPSA) is 84.6 Å². The van der Waals surface area contributed by atoms with Crippen molar-refractivity contribution in [3.05, 3.63) is 35.9 Å². The van der Waals surface area contributed by atoms with E-state index >= 15 is 0 Å². The molecule has 0 saturated carbocycles. The zero-order valence-electron chi connectivity index (χ0n) is 9.63. The Balaban J connectivity index is 2.48. The second-order valence-corrected chi connectivity index (χ2v) is 3.68. The van der Waals surface area contributed by atoms with Gasteiger partial charge in [-0.3, -0.25) is 0 Å². The SMILES string of the molecule is NC(=O)OC(CNCCO)Cc1ccccc1. The van der Waals surface area contributed by atoms with E-state index in [9.17, 15) is 4.79 Å². The molecule has 1 aromatic carbocycles. The summed E-state index contributed by atoms with van der Waals surface area (Å²) >= 11 is 0. The van der Waals surface area contributed by atoms with Crippen molar-refractivity contribution in [1.29, 1.82) is 0 Å². The number of hydrogen-bond donors (Lipinski definition) is 3. The Hall–Kier alpha value is -1.59. The van der Waals surface area contributed by atoms with Crippen molar-refractivity contribution >= 4 is 6.09 Å². The zero-order valence-corrected chi connectivity index (χ0v) is 9.63. The fourth-order valence-corrected chi connectivity index (χ4v) is 1.54. The van der Waals surface area contributed by atoms with Crippen LogP contribution in [0.15, 0.2) is 30.3 Å². The van der Waals surface area contributed by atoms with Crippen molar-refractivity contribution in [1.82, 2.24) is 5.32 Å². The summed E-state index contributed by atoms with van der Waals surface area (Å²) in [5, 5.41) is 11.6. The molecule has 94 valence electrons. The first-order valence-electron chi connectivity index (χ1n) is 5.54. The molecule has 0 aromatic heterocycles. The number of rotatable bonds is 7. The van der Waals surface area contributed by atoms with Gasteiger partial charge in [0.1, 0.15) is 6.10 Å². The fraction of sp³-hybridized carbons (Fsp3) is 0.417. The molecule has 1 aromatic rings. The highest BCUT2D eigenvalue weighted by atomic mass is 16.6. The lowest BCUT2D eigenvalue weighted by atomic mass is 10.1. The van der Waals surface area contributed by atoms with E-state index in [1.165, 1.54) is 0 Å². The average molecular weight is 238 g/mol. The number of benzene rings is 1. The maximum absolute atomic E-state index is 10.8. The first-order chi connectivity index (χ1) is 8.22. The highest BCUT2D eigenvalue weighted by molar-refractivity contribution is 5.64. The van der Waals surface area contributed by atoms with Gasteiger partial charge in [0.25, 0.3) is 0 Å². The van der Waals surface area contributed by atoms with Gasteiger partial charge in [-0.15, -0.1) is 0 Å². The van der Waals surface area contributed by atoms with Gasteiger partial charge < -0.3 is 20.9 Å². The molecule has 0 aliphatic heterocycles. The van der Waals surface area contributed by atoms with Crippen LogP contribution in [0.25, 0.3) is 0 Å². The molecule has 5 heteroatoms. The van der Waals surface area contributed by atoms with Gasteiger partial charge in [-0.25, -0.2) is 4.79 Å². The summed E-state index contributed by atoms with van der Waals surface area (Å²) in [6, 6.07) is 9.71. The van der Waals surface area contributed by atoms with Crippen molar-refractivity contribution < 1.29 is 14.6 Å². The van der Waals surface area contributed by atoms with Crippen LogP contribution >= 0.6 is 0 Å². The minimum Gasteiger partial charge on any atom is -0.445 e. The molecule has 0 saturated heterocycles. The first kappa shape index (κ1) is 13.5. The summed E-state index contributed by atoms with van der Waals surface area (Å²) < 4.78 is 5.00. The van der Waals surface area contributed by atoms with Crippen LogP contribution in [0.3, 0.4) is 0 Å². The molecule has 1 unspecified atom stereocenters. The van der Waals surface area contributed by atoms with Crippen molar-refractivity contribution in [3.63, 3.8) is 0 Å². The molecular formula is C12H18N2O3. The highest BCUT2D eigenvalue weighted by Gasteiger charge is 2.12. The van der Waals surface area contributed by atoms with Crippen LogP contribution in [0.2, 0.25) is 0 Å². The molecule has 17 heavy (non-hydrogen) atoms. The number of hydrogen-bond acceptors (Lipinski definition) is 4. The monoisotopic (exact) mass is 238 g/mol. The molecule has 0 aliphatic rings. The number of nitrogens with one attached hydrogen (secondary N) is 1. The summed E-state index contributed by atoms with van der Waals surface area (Å²) in [5.41, 5.74) is 6.09. The fourth-order valence-electron chi connectivity index (χ4n) is 1.54. The van der Waals surface area contributed by atoms with Crippen LogP contribution in [-0.2, 0) is 11.2 Å². The van der Waals surface area contributed by atoms with Crippen LogP contribution < -0.4 is 11.1 Å². The van der Waals surface area contributed by atoms with Gasteiger partial charge >= 0.3 is 6.09 Å². The largest absolute Gasteiger partial charge is 0.445 e. The van der Waals surface area contributed by atoms with Crippen LogP contribution in [-0.4, -0.2) is 37.0 Å². The Morgan fingerprint density at radius 2 is 2.12 bits per heavy atom. The van der Waals surface area contributed by atoms with Crippen LogP contribution in [0.4, 0.5) is 4.79 Å². The Morgan fingerprint density at radius 3 is 2.71 bits per heavy atom. The second-order valence-electron chi connectivity index (χ2n) is 3.68. The molecule has 0 fully saturated rings. The number of aliphatic hydroxyl groups is 1. The third-order valence-electron chi connectivity index (χ3n) is 2.25. The normalized spacial score (nSPS) is 12.1. The number of amides is 1. The van der Waals surface area contributed by atoms with Crippen molar-refractivity contribution in [2.75, 3.05) is 19.7 Å². The second kappa shape index (κ2) is 7.65. The maximum Gasteiger partial charge on any atom is 0.404 e. The number of ether oxygens (including phenoxy) is 1. The third-order valence-corrected chi connectivity index (χ3v) is 2.25. The predicted octanol–water partition coefficient (Wildman–Crippen LogP) is 0.275. The van der Waals surface area contributed by atoms with Gasteiger partial charge in [0, 0.05) is 19.5 Å². The molecule has 5 nitrogen and oxygen atoms in total. The van der Waals surface area contributed by atoms with E-state index in [1.807, 2.05) is 30.3 Å². The van der Waals surface area contributed by atoms with Gasteiger partial charge in [0.2, 0.25) is 0 Å². The van der Waals surface area contributed by atoms with Gasteiger partial charge in [-0.1, -0.05) is 30.3 Å². The zero-order chi connectivity index (χ0) is 12.5. The van der Waals surface area contributed by atoms with Crippen LogP contribution in [0.5, 0.6) is 0 Å². The minimum atomic E-state index is -0.781. The summed E-state index contributed by atoms with van der Waals surface area (Å²) in [4.78, 5) is 10.8. The van der Waals surface area contributed by atoms with Gasteiger partial charge in [-0.2, -0.15) is 0 Å². The molecule has 0 radical (unpaired) electrons. The number of carbonyl (C=O) groups excluding carboxylic acids is 1. The first-order valence-corrected chi connectivity index (χ1v) is 5.54. The lowest BCUT2D eigenvalue weighted by Crippen LogP contribution is -2.35. The third kappa shape index (κ3) is 5.89. The number of primary amides is 1. The summed E-state index contributed by atoms with van der Waals surface area (Å²) in [6.07, 6.45) is -0.499. The Bertz CT molecular complexity index is 330. The van der Waals surface area contributed by atoms with Crippen molar-refractivity contribution in [3.8, 4) is 0 Å². The van der Waals surface area contributed by atoms with Crippen molar-refractivity contribution in [2.24, 2.45) is 5.73 Å². The van der Waals surface area contributed by atoms with Crippen molar-refractivity contribution in [2.45, 2.75) is 12.5 Å². The molecule has 1 rings (SSSR count). The van der Waals surface area contributed by atoms with E-state index in [4.69, 9.17) is 15.6 Å². The number of nitrogens with two attached hydrogens (primary N) is 1. The smallest absolute Gasteiger partial charge is 0.404 e. The summed E-state index contributed by atoms with van der Waals surface area (Å²) in [7, 11) is 0. The van der Waals surface area contributed by atoms with E-state index in [-0.39, 0.29) is 12.7 Å². The highest BCUT2D eigenvalue weighted by Crippen LogP contribution is 2.05. The quantitative estimate of drug-likeness (QED) is 0.595. The molecule has 0 bridgehead atoms. The lowest BCUT2D eigenvalue weighted by Gasteiger charge is -2.17. The van der Waals surface area contributed by atoms with Crippen LogP contribution in [0, 0.1) is 0 Å². The van der Waals surface area contributed by atoms with E-state index < -0.39 is 6.09 Å². The van der Waals surface area contributed by atoms with E-state index in [0.717, 1.165) is 5.56 Å². The molecule has 1 amide bonds. The summed E-state index contributed by atoms with van der Waals surface area (Å²) in [5.74, 6) is 0.